The van der Waals surface area contributed by atoms with Crippen molar-refractivity contribution in [3.05, 3.63) is 0 Å². The molecule has 1 aliphatic carbocycles. The number of hydrogen-bond donors (Lipinski definition) is 2. The van der Waals surface area contributed by atoms with Crippen LogP contribution in [0, 0.1) is 11.8 Å². The van der Waals surface area contributed by atoms with Gasteiger partial charge in [0, 0.05) is 6.61 Å². The summed E-state index contributed by atoms with van der Waals surface area (Å²) < 4.78 is 5.46. The smallest absolute Gasteiger partial charge is 0.0777 e. The molecular weight excluding hydrogens is 240 g/mol. The molecule has 0 aromatic heterocycles. The lowest BCUT2D eigenvalue weighted by molar-refractivity contribution is -0.0154. The molecule has 1 fully saturated rings. The van der Waals surface area contributed by atoms with Crippen LogP contribution in [0.1, 0.15) is 65.2 Å². The first-order chi connectivity index (χ1) is 9.17. The number of aliphatic hydroxyl groups excluding tert-OH is 2. The van der Waals surface area contributed by atoms with Gasteiger partial charge in [-0.05, 0) is 43.9 Å². The van der Waals surface area contributed by atoms with Gasteiger partial charge in [0.25, 0.3) is 0 Å². The Bertz CT molecular complexity index is 220. The summed E-state index contributed by atoms with van der Waals surface area (Å²) in [7, 11) is 0. The minimum absolute atomic E-state index is 0.224. The molecule has 0 heterocycles. The second-order valence-corrected chi connectivity index (χ2v) is 6.11. The van der Waals surface area contributed by atoms with Gasteiger partial charge in [-0.2, -0.15) is 0 Å². The Hall–Kier alpha value is -0.120. The second-order valence-electron chi connectivity index (χ2n) is 6.11. The zero-order valence-corrected chi connectivity index (χ0v) is 12.7. The molecule has 114 valence electrons. The molecule has 1 rings (SSSR count). The summed E-state index contributed by atoms with van der Waals surface area (Å²) in [4.78, 5) is 0. The number of aliphatic hydroxyl groups is 2. The summed E-state index contributed by atoms with van der Waals surface area (Å²) in [5, 5.41) is 20.1. The van der Waals surface area contributed by atoms with E-state index < -0.39 is 6.10 Å². The van der Waals surface area contributed by atoms with Crippen LogP contribution in [0.3, 0.4) is 0 Å². The maximum atomic E-state index is 10.1. The van der Waals surface area contributed by atoms with Crippen molar-refractivity contribution in [2.45, 2.75) is 77.4 Å². The molecule has 3 nitrogen and oxygen atoms in total. The SMILES string of the molecule is CCCCOCC(O)CC1CC(CCC)CCC1O. The lowest BCUT2D eigenvalue weighted by atomic mass is 9.75. The standard InChI is InChI=1S/C16H32O3/c1-3-5-9-19-12-15(17)11-14-10-13(6-4-2)7-8-16(14)18/h13-18H,3-12H2,1-2H3. The second kappa shape index (κ2) is 9.73. The van der Waals surface area contributed by atoms with E-state index in [4.69, 9.17) is 4.74 Å². The Morgan fingerprint density at radius 2 is 2.00 bits per heavy atom. The Morgan fingerprint density at radius 3 is 2.68 bits per heavy atom. The van der Waals surface area contributed by atoms with Gasteiger partial charge in [-0.15, -0.1) is 0 Å². The first-order valence-electron chi connectivity index (χ1n) is 8.11. The highest BCUT2D eigenvalue weighted by atomic mass is 16.5. The van der Waals surface area contributed by atoms with E-state index >= 15 is 0 Å². The monoisotopic (exact) mass is 272 g/mol. The lowest BCUT2D eigenvalue weighted by Crippen LogP contribution is -2.33. The average molecular weight is 272 g/mol. The molecule has 0 amide bonds. The third-order valence-corrected chi connectivity index (χ3v) is 4.28. The van der Waals surface area contributed by atoms with Crippen molar-refractivity contribution in [2.75, 3.05) is 13.2 Å². The first kappa shape index (κ1) is 16.9. The highest BCUT2D eigenvalue weighted by molar-refractivity contribution is 4.81. The van der Waals surface area contributed by atoms with E-state index in [9.17, 15) is 10.2 Å². The normalized spacial score (nSPS) is 29.4. The zero-order chi connectivity index (χ0) is 14.1. The fourth-order valence-electron chi connectivity index (χ4n) is 3.15. The lowest BCUT2D eigenvalue weighted by Gasteiger charge is -2.34. The van der Waals surface area contributed by atoms with Crippen LogP contribution in [-0.2, 0) is 4.74 Å². The average Bonchev–Trinajstić information content (AvgIpc) is 2.39. The van der Waals surface area contributed by atoms with Crippen molar-refractivity contribution < 1.29 is 14.9 Å². The highest BCUT2D eigenvalue weighted by Crippen LogP contribution is 2.34. The largest absolute Gasteiger partial charge is 0.393 e. The minimum Gasteiger partial charge on any atom is -0.393 e. The molecule has 0 bridgehead atoms. The van der Waals surface area contributed by atoms with E-state index in [2.05, 4.69) is 13.8 Å². The van der Waals surface area contributed by atoms with E-state index in [-0.39, 0.29) is 12.0 Å². The van der Waals surface area contributed by atoms with Crippen LogP contribution in [0.5, 0.6) is 0 Å². The molecule has 1 saturated carbocycles. The fourth-order valence-corrected chi connectivity index (χ4v) is 3.15. The molecule has 19 heavy (non-hydrogen) atoms. The van der Waals surface area contributed by atoms with Gasteiger partial charge in [0.05, 0.1) is 18.8 Å². The minimum atomic E-state index is -0.420. The summed E-state index contributed by atoms with van der Waals surface area (Å²) >= 11 is 0. The molecule has 0 aromatic rings. The van der Waals surface area contributed by atoms with Gasteiger partial charge in [-0.1, -0.05) is 33.1 Å². The molecule has 0 aliphatic heterocycles. The van der Waals surface area contributed by atoms with Crippen molar-refractivity contribution in [2.24, 2.45) is 11.8 Å². The molecular formula is C16H32O3. The number of rotatable bonds is 9. The van der Waals surface area contributed by atoms with Gasteiger partial charge in [0.2, 0.25) is 0 Å². The van der Waals surface area contributed by atoms with Crippen molar-refractivity contribution >= 4 is 0 Å². The van der Waals surface area contributed by atoms with E-state index in [0.717, 1.165) is 44.6 Å². The third kappa shape index (κ3) is 6.73. The van der Waals surface area contributed by atoms with E-state index in [0.29, 0.717) is 13.0 Å². The quantitative estimate of drug-likeness (QED) is 0.634. The number of unbranched alkanes of at least 4 members (excludes halogenated alkanes) is 1. The van der Waals surface area contributed by atoms with Crippen LogP contribution in [0.25, 0.3) is 0 Å². The van der Waals surface area contributed by atoms with Crippen LogP contribution in [0.4, 0.5) is 0 Å². The van der Waals surface area contributed by atoms with E-state index in [1.54, 1.807) is 0 Å². The van der Waals surface area contributed by atoms with Gasteiger partial charge < -0.3 is 14.9 Å². The Balaban J connectivity index is 2.24. The van der Waals surface area contributed by atoms with Gasteiger partial charge >= 0.3 is 0 Å². The molecule has 0 saturated heterocycles. The molecule has 0 aromatic carbocycles. The predicted octanol–water partition coefficient (Wildman–Crippen LogP) is 3.13. The Morgan fingerprint density at radius 1 is 1.21 bits per heavy atom. The van der Waals surface area contributed by atoms with Crippen molar-refractivity contribution in [1.82, 2.24) is 0 Å². The molecule has 0 spiro atoms. The van der Waals surface area contributed by atoms with Gasteiger partial charge in [-0.3, -0.25) is 0 Å². The van der Waals surface area contributed by atoms with Crippen molar-refractivity contribution in [3.8, 4) is 0 Å². The van der Waals surface area contributed by atoms with Crippen LogP contribution >= 0.6 is 0 Å². The molecule has 4 unspecified atom stereocenters. The van der Waals surface area contributed by atoms with Gasteiger partial charge in [0.15, 0.2) is 0 Å². The van der Waals surface area contributed by atoms with Crippen LogP contribution in [0.15, 0.2) is 0 Å². The molecule has 3 heteroatoms. The molecule has 1 aliphatic rings. The zero-order valence-electron chi connectivity index (χ0n) is 12.7. The molecule has 2 N–H and O–H groups in total. The first-order valence-corrected chi connectivity index (χ1v) is 8.11. The Kier molecular flexibility index (Phi) is 8.67. The maximum absolute atomic E-state index is 10.1. The molecule has 4 atom stereocenters. The topological polar surface area (TPSA) is 49.7 Å². The van der Waals surface area contributed by atoms with Gasteiger partial charge in [-0.25, -0.2) is 0 Å². The predicted molar refractivity (Wildman–Crippen MR) is 78.1 cm³/mol. The summed E-state index contributed by atoms with van der Waals surface area (Å²) in [6.07, 6.45) is 7.81. The summed E-state index contributed by atoms with van der Waals surface area (Å²) in [5.74, 6) is 1.00. The van der Waals surface area contributed by atoms with E-state index in [1.165, 1.54) is 12.8 Å². The van der Waals surface area contributed by atoms with Crippen LogP contribution in [-0.4, -0.2) is 35.6 Å². The van der Waals surface area contributed by atoms with Crippen LogP contribution in [0.2, 0.25) is 0 Å². The maximum Gasteiger partial charge on any atom is 0.0777 e. The van der Waals surface area contributed by atoms with Gasteiger partial charge in [0.1, 0.15) is 0 Å². The van der Waals surface area contributed by atoms with Crippen LogP contribution < -0.4 is 0 Å². The summed E-state index contributed by atoms with van der Waals surface area (Å²) in [6.45, 7) is 5.50. The van der Waals surface area contributed by atoms with E-state index in [1.807, 2.05) is 0 Å². The summed E-state index contributed by atoms with van der Waals surface area (Å²) in [6, 6.07) is 0. The highest BCUT2D eigenvalue weighted by Gasteiger charge is 2.30. The fraction of sp³-hybridized carbons (Fsp3) is 1.00. The molecule has 0 radical (unpaired) electrons. The Labute approximate surface area is 118 Å². The summed E-state index contributed by atoms with van der Waals surface area (Å²) in [5.41, 5.74) is 0. The number of ether oxygens (including phenoxy) is 1. The number of hydrogen-bond acceptors (Lipinski definition) is 3. The third-order valence-electron chi connectivity index (χ3n) is 4.28. The van der Waals surface area contributed by atoms with Crippen molar-refractivity contribution in [3.63, 3.8) is 0 Å². The van der Waals surface area contributed by atoms with Crippen molar-refractivity contribution in [1.29, 1.82) is 0 Å².